The Labute approximate surface area is 192 Å². The van der Waals surface area contributed by atoms with E-state index >= 15 is 0 Å². The zero-order chi connectivity index (χ0) is 23.0. The Hall–Kier alpha value is -2.60. The molecule has 1 fully saturated rings. The molecule has 0 N–H and O–H groups in total. The Bertz CT molecular complexity index is 1040. The second kappa shape index (κ2) is 8.74. The summed E-state index contributed by atoms with van der Waals surface area (Å²) >= 11 is 5.88. The molecule has 1 amide bonds. The Morgan fingerprint density at radius 3 is 2.53 bits per heavy atom. The molecule has 1 saturated heterocycles. The Morgan fingerprint density at radius 2 is 1.88 bits per heavy atom. The maximum absolute atomic E-state index is 14.5. The van der Waals surface area contributed by atoms with Crippen LogP contribution < -0.4 is 4.74 Å². The van der Waals surface area contributed by atoms with E-state index in [1.165, 1.54) is 6.07 Å². The van der Waals surface area contributed by atoms with Gasteiger partial charge >= 0.3 is 6.09 Å². The van der Waals surface area contributed by atoms with Crippen LogP contribution in [0.3, 0.4) is 0 Å². The van der Waals surface area contributed by atoms with Crippen molar-refractivity contribution in [2.45, 2.75) is 57.7 Å². The molecular weight excluding hydrogens is 433 g/mol. The summed E-state index contributed by atoms with van der Waals surface area (Å²) in [4.78, 5) is 27.0. The van der Waals surface area contributed by atoms with Gasteiger partial charge in [0.2, 0.25) is 0 Å². The van der Waals surface area contributed by atoms with E-state index in [1.54, 1.807) is 23.1 Å². The lowest BCUT2D eigenvalue weighted by molar-refractivity contribution is 0.0204. The average Bonchev–Trinajstić information content (AvgIpc) is 2.72. The molecule has 32 heavy (non-hydrogen) atoms. The third kappa shape index (κ3) is 4.75. The third-order valence-corrected chi connectivity index (χ3v) is 6.11. The van der Waals surface area contributed by atoms with Crippen LogP contribution >= 0.6 is 11.6 Å². The monoisotopic (exact) mass is 459 g/mol. The largest absolute Gasteiger partial charge is 0.484 e. The second-order valence-electron chi connectivity index (χ2n) is 9.37. The third-order valence-electron chi connectivity index (χ3n) is 5.87. The molecule has 0 saturated carbocycles. The van der Waals surface area contributed by atoms with Crippen molar-refractivity contribution in [1.82, 2.24) is 4.90 Å². The van der Waals surface area contributed by atoms with E-state index < -0.39 is 17.5 Å². The molecule has 4 rings (SSSR count). The molecule has 0 bridgehead atoms. The molecule has 1 unspecified atom stereocenters. The molecule has 2 aliphatic rings. The number of piperidine rings is 1. The highest BCUT2D eigenvalue weighted by molar-refractivity contribution is 6.30. The van der Waals surface area contributed by atoms with Crippen molar-refractivity contribution in [3.05, 3.63) is 63.9 Å². The van der Waals surface area contributed by atoms with E-state index in [4.69, 9.17) is 21.1 Å². The molecular formula is C25H27ClFNO4. The van der Waals surface area contributed by atoms with Gasteiger partial charge in [0.25, 0.3) is 0 Å². The van der Waals surface area contributed by atoms with Gasteiger partial charge in [-0.05, 0) is 63.3 Å². The van der Waals surface area contributed by atoms with Gasteiger partial charge in [0.15, 0.2) is 5.78 Å². The van der Waals surface area contributed by atoms with Crippen LogP contribution in [0.5, 0.6) is 5.75 Å². The molecule has 1 atom stereocenters. The summed E-state index contributed by atoms with van der Waals surface area (Å²) in [5, 5.41) is 0.297. The van der Waals surface area contributed by atoms with Crippen LogP contribution in [0.4, 0.5) is 9.18 Å². The topological polar surface area (TPSA) is 55.8 Å². The Balaban J connectivity index is 1.54. The van der Waals surface area contributed by atoms with Crippen LogP contribution in [0.25, 0.3) is 0 Å². The molecule has 2 aromatic carbocycles. The van der Waals surface area contributed by atoms with Gasteiger partial charge in [-0.2, -0.15) is 0 Å². The molecule has 0 spiro atoms. The first kappa shape index (κ1) is 22.6. The van der Waals surface area contributed by atoms with Crippen LogP contribution in [0.15, 0.2) is 36.4 Å². The zero-order valence-corrected chi connectivity index (χ0v) is 19.2. The number of rotatable bonds is 2. The van der Waals surface area contributed by atoms with E-state index in [-0.39, 0.29) is 24.2 Å². The first-order chi connectivity index (χ1) is 15.1. The first-order valence-electron chi connectivity index (χ1n) is 10.9. The summed E-state index contributed by atoms with van der Waals surface area (Å²) in [5.41, 5.74) is 1.25. The van der Waals surface area contributed by atoms with Gasteiger partial charge < -0.3 is 14.4 Å². The number of halogens is 2. The number of para-hydroxylation sites is 1. The van der Waals surface area contributed by atoms with Crippen molar-refractivity contribution in [2.24, 2.45) is 0 Å². The quantitative estimate of drug-likeness (QED) is 0.528. The maximum atomic E-state index is 14.5. The minimum atomic E-state index is -0.699. The number of ether oxygens (including phenoxy) is 2. The van der Waals surface area contributed by atoms with Crippen molar-refractivity contribution < 1.29 is 23.5 Å². The van der Waals surface area contributed by atoms with Crippen molar-refractivity contribution in [1.29, 1.82) is 0 Å². The van der Waals surface area contributed by atoms with Crippen LogP contribution in [0.2, 0.25) is 5.02 Å². The Kier molecular flexibility index (Phi) is 6.17. The zero-order valence-electron chi connectivity index (χ0n) is 18.5. The van der Waals surface area contributed by atoms with Crippen LogP contribution in [-0.2, 0) is 4.74 Å². The number of nitrogens with zero attached hydrogens (tertiary/aromatic N) is 1. The number of carbonyl (C=O) groups excluding carboxylic acids is 2. The predicted octanol–water partition coefficient (Wildman–Crippen LogP) is 6.30. The summed E-state index contributed by atoms with van der Waals surface area (Å²) in [6.07, 6.45) is 0.526. The summed E-state index contributed by atoms with van der Waals surface area (Å²) in [5.74, 6) is 0.101. The summed E-state index contributed by atoms with van der Waals surface area (Å²) in [6, 6.07) is 9.98. The lowest BCUT2D eigenvalue weighted by Crippen LogP contribution is -2.41. The standard InChI is InChI=1S/C25H27ClFNO4/c1-25(2,3)32-24(30)28-11-9-15(10-12-28)17-5-4-6-19-21(29)14-22(31-23(17)19)18-8-7-16(26)13-20(18)27/h4-8,13,15,22H,9-12,14H2,1-3H3. The average molecular weight is 460 g/mol. The number of ketones is 1. The lowest BCUT2D eigenvalue weighted by atomic mass is 9.85. The highest BCUT2D eigenvalue weighted by Gasteiger charge is 2.34. The molecule has 0 aromatic heterocycles. The number of likely N-dealkylation sites (tertiary alicyclic amines) is 1. The van der Waals surface area contributed by atoms with Crippen LogP contribution in [0, 0.1) is 5.82 Å². The van der Waals surface area contributed by atoms with E-state index in [9.17, 15) is 14.0 Å². The van der Waals surface area contributed by atoms with E-state index in [0.717, 1.165) is 18.4 Å². The van der Waals surface area contributed by atoms with Crippen molar-refractivity contribution in [3.8, 4) is 5.75 Å². The van der Waals surface area contributed by atoms with Gasteiger partial charge in [-0.1, -0.05) is 29.8 Å². The van der Waals surface area contributed by atoms with Gasteiger partial charge in [0.05, 0.1) is 12.0 Å². The normalized spacial score (nSPS) is 19.3. The fourth-order valence-electron chi connectivity index (χ4n) is 4.33. The van der Waals surface area contributed by atoms with Crippen LogP contribution in [0.1, 0.15) is 73.5 Å². The minimum Gasteiger partial charge on any atom is -0.484 e. The molecule has 7 heteroatoms. The van der Waals surface area contributed by atoms with E-state index in [1.807, 2.05) is 32.9 Å². The van der Waals surface area contributed by atoms with Gasteiger partial charge in [-0.3, -0.25) is 4.79 Å². The molecule has 0 radical (unpaired) electrons. The number of carbonyl (C=O) groups is 2. The molecule has 2 aromatic rings. The number of fused-ring (bicyclic) bond motifs is 1. The fraction of sp³-hybridized carbons (Fsp3) is 0.440. The smallest absolute Gasteiger partial charge is 0.410 e. The van der Waals surface area contributed by atoms with Crippen molar-refractivity contribution in [2.75, 3.05) is 13.1 Å². The number of benzene rings is 2. The predicted molar refractivity (Wildman–Crippen MR) is 120 cm³/mol. The molecule has 0 aliphatic carbocycles. The first-order valence-corrected chi connectivity index (χ1v) is 11.3. The Morgan fingerprint density at radius 1 is 1.16 bits per heavy atom. The molecule has 170 valence electrons. The summed E-state index contributed by atoms with van der Waals surface area (Å²) in [7, 11) is 0. The number of hydrogen-bond acceptors (Lipinski definition) is 4. The van der Waals surface area contributed by atoms with Crippen molar-refractivity contribution in [3.63, 3.8) is 0 Å². The summed E-state index contributed by atoms with van der Waals surface area (Å²) < 4.78 is 26.2. The minimum absolute atomic E-state index is 0.0707. The molecule has 2 aliphatic heterocycles. The maximum Gasteiger partial charge on any atom is 0.410 e. The lowest BCUT2D eigenvalue weighted by Gasteiger charge is -2.35. The highest BCUT2D eigenvalue weighted by Crippen LogP contribution is 2.43. The summed E-state index contributed by atoms with van der Waals surface area (Å²) in [6.45, 7) is 6.67. The highest BCUT2D eigenvalue weighted by atomic mass is 35.5. The number of hydrogen-bond donors (Lipinski definition) is 0. The number of Topliss-reactive ketones (excluding diaryl/α,β-unsaturated/α-hetero) is 1. The SMILES string of the molecule is CC(C)(C)OC(=O)N1CCC(c2cccc3c2OC(c2ccc(Cl)cc2F)CC3=O)CC1. The van der Waals surface area contributed by atoms with E-state index in [0.29, 0.717) is 35.0 Å². The van der Waals surface area contributed by atoms with Crippen molar-refractivity contribution >= 4 is 23.5 Å². The van der Waals surface area contributed by atoms with Gasteiger partial charge in [-0.25, -0.2) is 9.18 Å². The van der Waals surface area contributed by atoms with Crippen LogP contribution in [-0.4, -0.2) is 35.5 Å². The number of amides is 1. The molecule has 5 nitrogen and oxygen atoms in total. The van der Waals surface area contributed by atoms with E-state index in [2.05, 4.69) is 0 Å². The van der Waals surface area contributed by atoms with Gasteiger partial charge in [0.1, 0.15) is 23.3 Å². The molecule has 2 heterocycles. The second-order valence-corrected chi connectivity index (χ2v) is 9.80. The fourth-order valence-corrected chi connectivity index (χ4v) is 4.48. The van der Waals surface area contributed by atoms with Gasteiger partial charge in [0, 0.05) is 23.7 Å². The van der Waals surface area contributed by atoms with Gasteiger partial charge in [-0.15, -0.1) is 0 Å².